The minimum atomic E-state index is -1.33. The molecule has 0 bridgehead atoms. The van der Waals surface area contributed by atoms with Crippen LogP contribution in [0.3, 0.4) is 0 Å². The number of carbonyl (C=O) groups is 3. The van der Waals surface area contributed by atoms with Gasteiger partial charge in [0.05, 0.1) is 11.1 Å². The van der Waals surface area contributed by atoms with Crippen molar-refractivity contribution in [1.29, 1.82) is 0 Å². The molecule has 2 rings (SSSR count). The summed E-state index contributed by atoms with van der Waals surface area (Å²) in [4.78, 5) is 35.7. The fraction of sp³-hybridized carbons (Fsp3) is 0.211. The van der Waals surface area contributed by atoms with Crippen LogP contribution in [-0.2, 0) is 6.42 Å². The molecule has 0 aliphatic rings. The monoisotopic (exact) mass is 326 g/mol. The molecule has 0 atom stereocenters. The van der Waals surface area contributed by atoms with Gasteiger partial charge in [-0.05, 0) is 30.5 Å². The molecular formula is C19H18O5. The minimum Gasteiger partial charge on any atom is -0.478 e. The van der Waals surface area contributed by atoms with E-state index in [1.165, 1.54) is 12.1 Å². The first-order valence-corrected chi connectivity index (χ1v) is 7.69. The van der Waals surface area contributed by atoms with E-state index in [-0.39, 0.29) is 28.0 Å². The molecule has 124 valence electrons. The second kappa shape index (κ2) is 7.55. The van der Waals surface area contributed by atoms with E-state index in [1.807, 2.05) is 6.92 Å². The summed E-state index contributed by atoms with van der Waals surface area (Å²) in [7, 11) is 0. The fourth-order valence-corrected chi connectivity index (χ4v) is 2.64. The lowest BCUT2D eigenvalue weighted by molar-refractivity contribution is 0.0650. The van der Waals surface area contributed by atoms with E-state index in [0.29, 0.717) is 18.4 Å². The first kappa shape index (κ1) is 17.4. The van der Waals surface area contributed by atoms with E-state index in [2.05, 4.69) is 0 Å². The van der Waals surface area contributed by atoms with Crippen LogP contribution in [0.2, 0.25) is 0 Å². The maximum absolute atomic E-state index is 12.7. The molecule has 0 saturated heterocycles. The summed E-state index contributed by atoms with van der Waals surface area (Å²) in [5.74, 6) is -2.95. The Labute approximate surface area is 139 Å². The normalized spacial score (nSPS) is 10.4. The third kappa shape index (κ3) is 3.51. The molecule has 0 spiro atoms. The SMILES string of the molecule is CCCCc1c(C(=O)c2ccccc2)ccc(C(=O)O)c1C(=O)O. The number of carboxylic acid groups (broad SMARTS) is 2. The van der Waals surface area contributed by atoms with Crippen molar-refractivity contribution < 1.29 is 24.6 Å². The summed E-state index contributed by atoms with van der Waals surface area (Å²) in [5.41, 5.74) is 0.390. The summed E-state index contributed by atoms with van der Waals surface area (Å²) < 4.78 is 0. The van der Waals surface area contributed by atoms with Gasteiger partial charge >= 0.3 is 11.9 Å². The number of hydrogen-bond acceptors (Lipinski definition) is 3. The van der Waals surface area contributed by atoms with Gasteiger partial charge in [0.2, 0.25) is 0 Å². The molecule has 5 nitrogen and oxygen atoms in total. The highest BCUT2D eigenvalue weighted by Gasteiger charge is 2.25. The van der Waals surface area contributed by atoms with Gasteiger partial charge in [0, 0.05) is 11.1 Å². The highest BCUT2D eigenvalue weighted by atomic mass is 16.4. The van der Waals surface area contributed by atoms with Gasteiger partial charge in [0.25, 0.3) is 0 Å². The van der Waals surface area contributed by atoms with E-state index >= 15 is 0 Å². The Bertz CT molecular complexity index is 778. The van der Waals surface area contributed by atoms with Crippen LogP contribution in [0.5, 0.6) is 0 Å². The van der Waals surface area contributed by atoms with Gasteiger partial charge in [-0.2, -0.15) is 0 Å². The topological polar surface area (TPSA) is 91.7 Å². The molecule has 0 aliphatic carbocycles. The van der Waals surface area contributed by atoms with E-state index in [1.54, 1.807) is 30.3 Å². The van der Waals surface area contributed by atoms with Gasteiger partial charge in [-0.15, -0.1) is 0 Å². The van der Waals surface area contributed by atoms with Crippen LogP contribution in [0.4, 0.5) is 0 Å². The lowest BCUT2D eigenvalue weighted by Crippen LogP contribution is -2.16. The van der Waals surface area contributed by atoms with Gasteiger partial charge < -0.3 is 10.2 Å². The average molecular weight is 326 g/mol. The number of carboxylic acids is 2. The van der Waals surface area contributed by atoms with Crippen LogP contribution in [0.15, 0.2) is 42.5 Å². The van der Waals surface area contributed by atoms with E-state index in [4.69, 9.17) is 0 Å². The predicted molar refractivity (Wildman–Crippen MR) is 88.8 cm³/mol. The van der Waals surface area contributed by atoms with Crippen molar-refractivity contribution in [2.24, 2.45) is 0 Å². The number of hydrogen-bond donors (Lipinski definition) is 2. The maximum Gasteiger partial charge on any atom is 0.336 e. The quantitative estimate of drug-likeness (QED) is 0.758. The Morgan fingerprint density at radius 1 is 0.875 bits per heavy atom. The van der Waals surface area contributed by atoms with Crippen LogP contribution in [-0.4, -0.2) is 27.9 Å². The largest absolute Gasteiger partial charge is 0.478 e. The van der Waals surface area contributed by atoms with Gasteiger partial charge in [0.15, 0.2) is 5.78 Å². The van der Waals surface area contributed by atoms with E-state index in [0.717, 1.165) is 6.42 Å². The first-order chi connectivity index (χ1) is 11.5. The molecule has 0 saturated carbocycles. The van der Waals surface area contributed by atoms with Gasteiger partial charge in [-0.25, -0.2) is 9.59 Å². The van der Waals surface area contributed by atoms with Crippen molar-refractivity contribution in [3.63, 3.8) is 0 Å². The number of aromatic carboxylic acids is 2. The number of benzene rings is 2. The zero-order valence-electron chi connectivity index (χ0n) is 13.3. The van der Waals surface area contributed by atoms with Crippen molar-refractivity contribution >= 4 is 17.7 Å². The standard InChI is InChI=1S/C19H18O5/c1-2-3-9-13-14(17(20)12-7-5-4-6-8-12)10-11-15(18(21)22)16(13)19(23)24/h4-8,10-11H,2-3,9H2,1H3,(H,21,22)(H,23,24). The van der Waals surface area contributed by atoms with Crippen LogP contribution in [0, 0.1) is 0 Å². The first-order valence-electron chi connectivity index (χ1n) is 7.69. The third-order valence-electron chi connectivity index (χ3n) is 3.82. The van der Waals surface area contributed by atoms with Crippen molar-refractivity contribution in [2.75, 3.05) is 0 Å². The molecule has 24 heavy (non-hydrogen) atoms. The third-order valence-corrected chi connectivity index (χ3v) is 3.82. The average Bonchev–Trinajstić information content (AvgIpc) is 2.58. The summed E-state index contributed by atoms with van der Waals surface area (Å²) in [6.45, 7) is 1.94. The molecule has 0 amide bonds. The van der Waals surface area contributed by atoms with Gasteiger partial charge in [0.1, 0.15) is 0 Å². The van der Waals surface area contributed by atoms with Gasteiger partial charge in [-0.3, -0.25) is 4.79 Å². The smallest absolute Gasteiger partial charge is 0.336 e. The molecule has 0 aromatic heterocycles. The van der Waals surface area contributed by atoms with Crippen molar-refractivity contribution in [2.45, 2.75) is 26.2 Å². The molecule has 0 fully saturated rings. The highest BCUT2D eigenvalue weighted by molar-refractivity contribution is 6.13. The Morgan fingerprint density at radius 2 is 1.50 bits per heavy atom. The van der Waals surface area contributed by atoms with E-state index in [9.17, 15) is 24.6 Å². The number of unbranched alkanes of at least 4 members (excludes halogenated alkanes) is 1. The van der Waals surface area contributed by atoms with Crippen LogP contribution >= 0.6 is 0 Å². The highest BCUT2D eigenvalue weighted by Crippen LogP contribution is 2.24. The Balaban J connectivity index is 2.67. The summed E-state index contributed by atoms with van der Waals surface area (Å²) in [6.07, 6.45) is 1.81. The van der Waals surface area contributed by atoms with Crippen molar-refractivity contribution in [3.05, 3.63) is 70.3 Å². The lowest BCUT2D eigenvalue weighted by atomic mass is 9.88. The van der Waals surface area contributed by atoms with Crippen molar-refractivity contribution in [1.82, 2.24) is 0 Å². The van der Waals surface area contributed by atoms with Gasteiger partial charge in [-0.1, -0.05) is 43.7 Å². The summed E-state index contributed by atoms with van der Waals surface area (Å²) in [5, 5.41) is 18.8. The number of rotatable bonds is 7. The predicted octanol–water partition coefficient (Wildman–Crippen LogP) is 3.66. The Morgan fingerprint density at radius 3 is 2.04 bits per heavy atom. The molecule has 5 heteroatoms. The van der Waals surface area contributed by atoms with E-state index < -0.39 is 11.9 Å². The molecule has 0 aliphatic heterocycles. The van der Waals surface area contributed by atoms with Crippen molar-refractivity contribution in [3.8, 4) is 0 Å². The zero-order chi connectivity index (χ0) is 17.7. The van der Waals surface area contributed by atoms with Crippen LogP contribution < -0.4 is 0 Å². The number of ketones is 1. The molecule has 0 unspecified atom stereocenters. The second-order valence-electron chi connectivity index (χ2n) is 5.42. The zero-order valence-corrected chi connectivity index (χ0v) is 13.3. The maximum atomic E-state index is 12.7. The summed E-state index contributed by atoms with van der Waals surface area (Å²) in [6, 6.07) is 11.1. The fourth-order valence-electron chi connectivity index (χ4n) is 2.64. The number of carbonyl (C=O) groups excluding carboxylic acids is 1. The van der Waals surface area contributed by atoms with Crippen LogP contribution in [0.1, 0.15) is 62.0 Å². The Kier molecular flexibility index (Phi) is 5.47. The Hall–Kier alpha value is -2.95. The minimum absolute atomic E-state index is 0.247. The molecule has 0 radical (unpaired) electrons. The molecular weight excluding hydrogens is 308 g/mol. The molecule has 2 N–H and O–H groups in total. The molecule has 0 heterocycles. The summed E-state index contributed by atoms with van der Waals surface area (Å²) >= 11 is 0. The second-order valence-corrected chi connectivity index (χ2v) is 5.42. The molecule has 2 aromatic carbocycles. The lowest BCUT2D eigenvalue weighted by Gasteiger charge is -2.14. The molecule has 2 aromatic rings. The van der Waals surface area contributed by atoms with Crippen LogP contribution in [0.25, 0.3) is 0 Å².